The van der Waals surface area contributed by atoms with Gasteiger partial charge in [0.15, 0.2) is 0 Å². The minimum atomic E-state index is -0.554. The molecule has 0 fully saturated rings. The molecular formula is C16H17ClO2. The lowest BCUT2D eigenvalue weighted by atomic mass is 9.99. The Morgan fingerprint density at radius 3 is 2.47 bits per heavy atom. The topological polar surface area (TPSA) is 29.5 Å². The summed E-state index contributed by atoms with van der Waals surface area (Å²) in [6.45, 7) is 0. The zero-order valence-corrected chi connectivity index (χ0v) is 11.6. The first-order valence-corrected chi connectivity index (χ1v) is 6.74. The van der Waals surface area contributed by atoms with E-state index in [1.165, 1.54) is 0 Å². The minimum Gasteiger partial charge on any atom is -0.496 e. The first-order valence-electron chi connectivity index (χ1n) is 6.21. The van der Waals surface area contributed by atoms with Crippen molar-refractivity contribution >= 4 is 11.6 Å². The molecule has 1 atom stereocenters. The molecule has 100 valence electrons. The molecule has 2 rings (SSSR count). The highest BCUT2D eigenvalue weighted by atomic mass is 35.5. The number of aliphatic hydroxyl groups excluding tert-OH is 1. The molecule has 0 radical (unpaired) electrons. The highest BCUT2D eigenvalue weighted by molar-refractivity contribution is 6.18. The third-order valence-electron chi connectivity index (χ3n) is 3.02. The quantitative estimate of drug-likeness (QED) is 0.847. The van der Waals surface area contributed by atoms with Gasteiger partial charge in [-0.15, -0.1) is 11.6 Å². The van der Waals surface area contributed by atoms with Gasteiger partial charge in [-0.3, -0.25) is 0 Å². The Labute approximate surface area is 118 Å². The molecule has 0 aliphatic rings. The van der Waals surface area contributed by atoms with Crippen LogP contribution in [0.1, 0.15) is 5.56 Å². The average Bonchev–Trinajstić information content (AvgIpc) is 2.48. The Bertz CT molecular complexity index is 526. The second kappa shape index (κ2) is 6.60. The van der Waals surface area contributed by atoms with Gasteiger partial charge in [-0.25, -0.2) is 0 Å². The number of aliphatic hydroxyl groups is 1. The zero-order valence-electron chi connectivity index (χ0n) is 10.8. The summed E-state index contributed by atoms with van der Waals surface area (Å²) < 4.78 is 5.33. The molecule has 2 nitrogen and oxygen atoms in total. The van der Waals surface area contributed by atoms with E-state index < -0.39 is 6.10 Å². The molecule has 0 aliphatic carbocycles. The van der Waals surface area contributed by atoms with Crippen LogP contribution in [0.3, 0.4) is 0 Å². The SMILES string of the molecule is COc1ccc(-c2ccccc2)cc1C[C@H](O)CCl. The van der Waals surface area contributed by atoms with Crippen molar-refractivity contribution in [3.8, 4) is 16.9 Å². The molecule has 19 heavy (non-hydrogen) atoms. The maximum Gasteiger partial charge on any atom is 0.122 e. The van der Waals surface area contributed by atoms with Crippen LogP contribution in [-0.2, 0) is 6.42 Å². The molecule has 0 aliphatic heterocycles. The van der Waals surface area contributed by atoms with Crippen molar-refractivity contribution < 1.29 is 9.84 Å². The Hall–Kier alpha value is -1.51. The van der Waals surface area contributed by atoms with E-state index in [9.17, 15) is 5.11 Å². The molecule has 0 amide bonds. The van der Waals surface area contributed by atoms with Crippen LogP contribution in [0.25, 0.3) is 11.1 Å². The van der Waals surface area contributed by atoms with Gasteiger partial charge in [0.25, 0.3) is 0 Å². The van der Waals surface area contributed by atoms with Crippen molar-refractivity contribution in [3.05, 3.63) is 54.1 Å². The van der Waals surface area contributed by atoms with E-state index in [1.807, 2.05) is 36.4 Å². The Morgan fingerprint density at radius 1 is 1.11 bits per heavy atom. The van der Waals surface area contributed by atoms with E-state index in [0.717, 1.165) is 22.4 Å². The fourth-order valence-corrected chi connectivity index (χ4v) is 2.17. The molecule has 1 N–H and O–H groups in total. The van der Waals surface area contributed by atoms with Crippen molar-refractivity contribution in [1.82, 2.24) is 0 Å². The molecule has 3 heteroatoms. The van der Waals surface area contributed by atoms with E-state index in [0.29, 0.717) is 6.42 Å². The summed E-state index contributed by atoms with van der Waals surface area (Å²) in [4.78, 5) is 0. The Kier molecular flexibility index (Phi) is 4.83. The molecule has 0 saturated heterocycles. The summed E-state index contributed by atoms with van der Waals surface area (Å²) >= 11 is 5.66. The second-order valence-electron chi connectivity index (χ2n) is 4.40. The maximum atomic E-state index is 9.71. The summed E-state index contributed by atoms with van der Waals surface area (Å²) in [5, 5.41) is 9.71. The van der Waals surface area contributed by atoms with Gasteiger partial charge in [0.05, 0.1) is 13.2 Å². The molecule has 2 aromatic rings. The number of alkyl halides is 1. The first-order chi connectivity index (χ1) is 9.24. The van der Waals surface area contributed by atoms with Crippen LogP contribution in [0.15, 0.2) is 48.5 Å². The highest BCUT2D eigenvalue weighted by Crippen LogP contribution is 2.27. The number of hydrogen-bond acceptors (Lipinski definition) is 2. The number of methoxy groups -OCH3 is 1. The average molecular weight is 277 g/mol. The van der Waals surface area contributed by atoms with E-state index in [1.54, 1.807) is 7.11 Å². The summed E-state index contributed by atoms with van der Waals surface area (Å²) in [6.07, 6.45) is -0.0607. The van der Waals surface area contributed by atoms with E-state index in [2.05, 4.69) is 12.1 Å². The monoisotopic (exact) mass is 276 g/mol. The molecule has 0 saturated carbocycles. The van der Waals surface area contributed by atoms with Crippen LogP contribution in [0.4, 0.5) is 0 Å². The van der Waals surface area contributed by atoms with Crippen LogP contribution < -0.4 is 4.74 Å². The second-order valence-corrected chi connectivity index (χ2v) is 4.71. The largest absolute Gasteiger partial charge is 0.496 e. The summed E-state index contributed by atoms with van der Waals surface area (Å²) in [5.74, 6) is 1.00. The third kappa shape index (κ3) is 3.49. The third-order valence-corrected chi connectivity index (χ3v) is 3.38. The molecular weight excluding hydrogens is 260 g/mol. The fourth-order valence-electron chi connectivity index (χ4n) is 2.06. The standard InChI is InChI=1S/C16H17ClO2/c1-19-16-8-7-13(12-5-3-2-4-6-12)9-14(16)10-15(18)11-17/h2-9,15,18H,10-11H2,1H3/t15-/m0/s1. The molecule has 0 bridgehead atoms. The zero-order chi connectivity index (χ0) is 13.7. The highest BCUT2D eigenvalue weighted by Gasteiger charge is 2.10. The fraction of sp³-hybridized carbons (Fsp3) is 0.250. The van der Waals surface area contributed by atoms with Crippen LogP contribution in [0, 0.1) is 0 Å². The summed E-state index contributed by atoms with van der Waals surface area (Å²) in [7, 11) is 1.63. The van der Waals surface area contributed by atoms with Gasteiger partial charge in [-0.05, 0) is 28.8 Å². The van der Waals surface area contributed by atoms with Gasteiger partial charge in [-0.2, -0.15) is 0 Å². The van der Waals surface area contributed by atoms with Crippen molar-refractivity contribution in [2.75, 3.05) is 13.0 Å². The number of halogens is 1. The van der Waals surface area contributed by atoms with E-state index in [-0.39, 0.29) is 5.88 Å². The van der Waals surface area contributed by atoms with Crippen molar-refractivity contribution in [2.24, 2.45) is 0 Å². The molecule has 0 unspecified atom stereocenters. The van der Waals surface area contributed by atoms with Crippen molar-refractivity contribution in [2.45, 2.75) is 12.5 Å². The van der Waals surface area contributed by atoms with Gasteiger partial charge >= 0.3 is 0 Å². The lowest BCUT2D eigenvalue weighted by Crippen LogP contribution is -2.12. The van der Waals surface area contributed by atoms with Crippen LogP contribution in [0.5, 0.6) is 5.75 Å². The summed E-state index contributed by atoms with van der Waals surface area (Å²) in [5.41, 5.74) is 3.22. The maximum absolute atomic E-state index is 9.71. The molecule has 0 aromatic heterocycles. The van der Waals surface area contributed by atoms with Crippen molar-refractivity contribution in [3.63, 3.8) is 0 Å². The van der Waals surface area contributed by atoms with Crippen LogP contribution >= 0.6 is 11.6 Å². The lowest BCUT2D eigenvalue weighted by Gasteiger charge is -2.13. The van der Waals surface area contributed by atoms with Gasteiger partial charge in [0.1, 0.15) is 5.75 Å². The van der Waals surface area contributed by atoms with Crippen LogP contribution in [0.2, 0.25) is 0 Å². The molecule has 0 spiro atoms. The Balaban J connectivity index is 2.35. The van der Waals surface area contributed by atoms with Gasteiger partial charge in [0, 0.05) is 12.3 Å². The Morgan fingerprint density at radius 2 is 1.84 bits per heavy atom. The van der Waals surface area contributed by atoms with Gasteiger partial charge < -0.3 is 9.84 Å². The minimum absolute atomic E-state index is 0.221. The normalized spacial score (nSPS) is 12.2. The first kappa shape index (κ1) is 13.9. The number of ether oxygens (including phenoxy) is 1. The lowest BCUT2D eigenvalue weighted by molar-refractivity contribution is 0.197. The number of benzene rings is 2. The van der Waals surface area contributed by atoms with Crippen molar-refractivity contribution in [1.29, 1.82) is 0 Å². The predicted octanol–water partition coefficient (Wildman–Crippen LogP) is 3.50. The molecule has 0 heterocycles. The van der Waals surface area contributed by atoms with Gasteiger partial charge in [-0.1, -0.05) is 36.4 Å². The van der Waals surface area contributed by atoms with E-state index in [4.69, 9.17) is 16.3 Å². The number of hydrogen-bond donors (Lipinski definition) is 1. The predicted molar refractivity (Wildman–Crippen MR) is 78.9 cm³/mol. The smallest absolute Gasteiger partial charge is 0.122 e. The van der Waals surface area contributed by atoms with E-state index >= 15 is 0 Å². The van der Waals surface area contributed by atoms with Crippen LogP contribution in [-0.4, -0.2) is 24.2 Å². The molecule has 2 aromatic carbocycles. The van der Waals surface area contributed by atoms with Gasteiger partial charge in [0.2, 0.25) is 0 Å². The summed E-state index contributed by atoms with van der Waals surface area (Å²) in [6, 6.07) is 16.1. The number of rotatable bonds is 5.